The molecule has 0 spiro atoms. The number of amides is 1. The van der Waals surface area contributed by atoms with Crippen LogP contribution in [0.25, 0.3) is 0 Å². The number of carbonyl (C=O) groups is 1. The summed E-state index contributed by atoms with van der Waals surface area (Å²) >= 11 is 0. The molecule has 0 aliphatic rings. The van der Waals surface area contributed by atoms with Gasteiger partial charge in [0.2, 0.25) is 0 Å². The van der Waals surface area contributed by atoms with E-state index in [1.165, 1.54) is 6.26 Å². The summed E-state index contributed by atoms with van der Waals surface area (Å²) in [6.07, 6.45) is 1.52. The van der Waals surface area contributed by atoms with Crippen molar-refractivity contribution in [2.45, 2.75) is 13.1 Å². The zero-order chi connectivity index (χ0) is 15.2. The second kappa shape index (κ2) is 6.76. The van der Waals surface area contributed by atoms with Gasteiger partial charge in [-0.2, -0.15) is 0 Å². The van der Waals surface area contributed by atoms with Gasteiger partial charge in [0.25, 0.3) is 5.91 Å². The standard InChI is InChI=1S/C19H17NO2/c21-19(18-12-7-13-22-18)20(14-16-8-3-1-4-9-16)15-17-10-5-2-6-11-17/h1-13H,14-15H2. The van der Waals surface area contributed by atoms with Crippen LogP contribution in [0.2, 0.25) is 0 Å². The molecule has 0 bridgehead atoms. The number of nitrogens with zero attached hydrogens (tertiary/aromatic N) is 1. The summed E-state index contributed by atoms with van der Waals surface area (Å²) in [6.45, 7) is 1.10. The number of hydrogen-bond acceptors (Lipinski definition) is 2. The summed E-state index contributed by atoms with van der Waals surface area (Å²) < 4.78 is 5.26. The van der Waals surface area contributed by atoms with Gasteiger partial charge in [-0.3, -0.25) is 4.79 Å². The van der Waals surface area contributed by atoms with Crippen molar-refractivity contribution >= 4 is 5.91 Å². The Labute approximate surface area is 129 Å². The predicted octanol–water partition coefficient (Wildman–Crippen LogP) is 4.12. The quantitative estimate of drug-likeness (QED) is 0.708. The second-order valence-electron chi connectivity index (χ2n) is 5.11. The van der Waals surface area contributed by atoms with Crippen LogP contribution in [-0.4, -0.2) is 10.8 Å². The highest BCUT2D eigenvalue weighted by atomic mass is 16.3. The monoisotopic (exact) mass is 291 g/mol. The smallest absolute Gasteiger partial charge is 0.290 e. The molecular weight excluding hydrogens is 274 g/mol. The van der Waals surface area contributed by atoms with Crippen LogP contribution in [0.3, 0.4) is 0 Å². The van der Waals surface area contributed by atoms with E-state index in [0.717, 1.165) is 11.1 Å². The van der Waals surface area contributed by atoms with E-state index in [-0.39, 0.29) is 5.91 Å². The maximum absolute atomic E-state index is 12.6. The van der Waals surface area contributed by atoms with Crippen LogP contribution in [0.4, 0.5) is 0 Å². The molecule has 0 aliphatic carbocycles. The van der Waals surface area contributed by atoms with Crippen LogP contribution in [0.15, 0.2) is 83.5 Å². The Hall–Kier alpha value is -2.81. The highest BCUT2D eigenvalue weighted by Crippen LogP contribution is 2.14. The fourth-order valence-corrected chi connectivity index (χ4v) is 2.36. The minimum absolute atomic E-state index is 0.0993. The van der Waals surface area contributed by atoms with Crippen LogP contribution >= 0.6 is 0 Å². The fourth-order valence-electron chi connectivity index (χ4n) is 2.36. The molecule has 3 rings (SSSR count). The highest BCUT2D eigenvalue weighted by molar-refractivity contribution is 5.91. The minimum atomic E-state index is -0.0993. The molecule has 3 heteroatoms. The van der Waals surface area contributed by atoms with Crippen molar-refractivity contribution in [3.63, 3.8) is 0 Å². The van der Waals surface area contributed by atoms with Crippen molar-refractivity contribution in [1.82, 2.24) is 4.90 Å². The van der Waals surface area contributed by atoms with E-state index < -0.39 is 0 Å². The van der Waals surface area contributed by atoms with Crippen molar-refractivity contribution in [2.24, 2.45) is 0 Å². The Balaban J connectivity index is 1.83. The van der Waals surface area contributed by atoms with Crippen molar-refractivity contribution in [3.05, 3.63) is 95.9 Å². The third-order valence-corrected chi connectivity index (χ3v) is 3.45. The number of carbonyl (C=O) groups excluding carboxylic acids is 1. The molecule has 0 aliphatic heterocycles. The zero-order valence-corrected chi connectivity index (χ0v) is 12.2. The second-order valence-corrected chi connectivity index (χ2v) is 5.11. The molecule has 0 radical (unpaired) electrons. The molecule has 2 aromatic carbocycles. The molecule has 110 valence electrons. The number of rotatable bonds is 5. The van der Waals surface area contributed by atoms with Gasteiger partial charge in [0, 0.05) is 13.1 Å². The normalized spacial score (nSPS) is 10.4. The first-order valence-corrected chi connectivity index (χ1v) is 7.23. The summed E-state index contributed by atoms with van der Waals surface area (Å²) in [7, 11) is 0. The Bertz CT molecular complexity index is 664. The van der Waals surface area contributed by atoms with Crippen molar-refractivity contribution in [3.8, 4) is 0 Å². The van der Waals surface area contributed by atoms with Crippen LogP contribution in [0, 0.1) is 0 Å². The van der Waals surface area contributed by atoms with Crippen LogP contribution in [0.1, 0.15) is 21.7 Å². The van der Waals surface area contributed by atoms with Crippen LogP contribution in [-0.2, 0) is 13.1 Å². The lowest BCUT2D eigenvalue weighted by atomic mass is 10.1. The third kappa shape index (κ3) is 3.44. The first kappa shape index (κ1) is 14.1. The van der Waals surface area contributed by atoms with Crippen LogP contribution in [0.5, 0.6) is 0 Å². The summed E-state index contributed by atoms with van der Waals surface area (Å²) in [6, 6.07) is 23.4. The molecule has 0 saturated carbocycles. The van der Waals surface area contributed by atoms with Crippen molar-refractivity contribution in [1.29, 1.82) is 0 Å². The van der Waals surface area contributed by atoms with Crippen molar-refractivity contribution in [2.75, 3.05) is 0 Å². The summed E-state index contributed by atoms with van der Waals surface area (Å²) in [5, 5.41) is 0. The van der Waals surface area contributed by atoms with E-state index in [1.807, 2.05) is 60.7 Å². The SMILES string of the molecule is O=C(c1ccco1)N(Cc1ccccc1)Cc1ccccc1. The fraction of sp³-hybridized carbons (Fsp3) is 0.105. The van der Waals surface area contributed by atoms with Gasteiger partial charge in [-0.1, -0.05) is 60.7 Å². The van der Waals surface area contributed by atoms with E-state index in [0.29, 0.717) is 18.8 Å². The van der Waals surface area contributed by atoms with E-state index >= 15 is 0 Å². The molecule has 1 heterocycles. The summed E-state index contributed by atoms with van der Waals surface area (Å²) in [5.74, 6) is 0.268. The molecule has 3 aromatic rings. The van der Waals surface area contributed by atoms with E-state index in [9.17, 15) is 4.79 Å². The van der Waals surface area contributed by atoms with Gasteiger partial charge in [0.15, 0.2) is 5.76 Å². The largest absolute Gasteiger partial charge is 0.459 e. The Kier molecular flexibility index (Phi) is 4.35. The molecule has 1 amide bonds. The lowest BCUT2D eigenvalue weighted by Crippen LogP contribution is -2.29. The van der Waals surface area contributed by atoms with Gasteiger partial charge in [0.1, 0.15) is 0 Å². The lowest BCUT2D eigenvalue weighted by molar-refractivity contribution is 0.0697. The number of furan rings is 1. The zero-order valence-electron chi connectivity index (χ0n) is 12.2. The maximum Gasteiger partial charge on any atom is 0.290 e. The molecule has 0 atom stereocenters. The van der Waals surface area contributed by atoms with Crippen molar-refractivity contribution < 1.29 is 9.21 Å². The molecule has 0 unspecified atom stereocenters. The molecule has 0 saturated heterocycles. The average Bonchev–Trinajstić information content (AvgIpc) is 3.10. The first-order valence-electron chi connectivity index (χ1n) is 7.23. The Morgan fingerprint density at radius 1 is 0.773 bits per heavy atom. The number of benzene rings is 2. The topological polar surface area (TPSA) is 33.5 Å². The Morgan fingerprint density at radius 3 is 1.77 bits per heavy atom. The maximum atomic E-state index is 12.6. The van der Waals surface area contributed by atoms with Gasteiger partial charge >= 0.3 is 0 Å². The highest BCUT2D eigenvalue weighted by Gasteiger charge is 2.18. The van der Waals surface area contributed by atoms with Gasteiger partial charge in [-0.25, -0.2) is 0 Å². The van der Waals surface area contributed by atoms with E-state index in [1.54, 1.807) is 17.0 Å². The first-order chi connectivity index (χ1) is 10.8. The van der Waals surface area contributed by atoms with Crippen LogP contribution < -0.4 is 0 Å². The summed E-state index contributed by atoms with van der Waals surface area (Å²) in [5.41, 5.74) is 2.19. The minimum Gasteiger partial charge on any atom is -0.459 e. The summed E-state index contributed by atoms with van der Waals surface area (Å²) in [4.78, 5) is 14.4. The van der Waals surface area contributed by atoms with E-state index in [2.05, 4.69) is 0 Å². The molecule has 0 N–H and O–H groups in total. The van der Waals surface area contributed by atoms with Gasteiger partial charge < -0.3 is 9.32 Å². The van der Waals surface area contributed by atoms with Gasteiger partial charge in [-0.15, -0.1) is 0 Å². The molecular formula is C19H17NO2. The molecule has 1 aromatic heterocycles. The third-order valence-electron chi connectivity index (χ3n) is 3.45. The van der Waals surface area contributed by atoms with E-state index in [4.69, 9.17) is 4.42 Å². The Morgan fingerprint density at radius 2 is 1.32 bits per heavy atom. The average molecular weight is 291 g/mol. The number of hydrogen-bond donors (Lipinski definition) is 0. The lowest BCUT2D eigenvalue weighted by Gasteiger charge is -2.22. The molecule has 0 fully saturated rings. The molecule has 22 heavy (non-hydrogen) atoms. The molecule has 3 nitrogen and oxygen atoms in total. The van der Waals surface area contributed by atoms with Gasteiger partial charge in [0.05, 0.1) is 6.26 Å². The predicted molar refractivity (Wildman–Crippen MR) is 85.2 cm³/mol. The van der Waals surface area contributed by atoms with Gasteiger partial charge in [-0.05, 0) is 23.3 Å².